The van der Waals surface area contributed by atoms with Gasteiger partial charge in [-0.25, -0.2) is 0 Å². The second-order valence-corrected chi connectivity index (χ2v) is 9.38. The van der Waals surface area contributed by atoms with E-state index in [0.29, 0.717) is 31.3 Å². The summed E-state index contributed by atoms with van der Waals surface area (Å²) in [4.78, 5) is 28.8. The fourth-order valence-electron chi connectivity index (χ4n) is 4.58. The summed E-state index contributed by atoms with van der Waals surface area (Å²) in [6.45, 7) is 2.46. The van der Waals surface area contributed by atoms with Gasteiger partial charge >= 0.3 is 0 Å². The Hall–Kier alpha value is -3.68. The van der Waals surface area contributed by atoms with Gasteiger partial charge in [-0.2, -0.15) is 4.98 Å². The quantitative estimate of drug-likeness (QED) is 0.403. The van der Waals surface area contributed by atoms with Crippen molar-refractivity contribution in [1.82, 2.24) is 20.8 Å². The van der Waals surface area contributed by atoms with E-state index in [2.05, 4.69) is 20.8 Å². The van der Waals surface area contributed by atoms with Gasteiger partial charge < -0.3 is 19.9 Å². The highest BCUT2D eigenvalue weighted by molar-refractivity contribution is 5.76. The van der Waals surface area contributed by atoms with Crippen LogP contribution < -0.4 is 15.4 Å². The molecule has 8 nitrogen and oxygen atoms in total. The molecule has 2 aromatic carbocycles. The van der Waals surface area contributed by atoms with Crippen molar-refractivity contribution in [3.05, 3.63) is 77.4 Å². The van der Waals surface area contributed by atoms with E-state index in [0.717, 1.165) is 55.4 Å². The Labute approximate surface area is 211 Å². The number of benzene rings is 2. The molecule has 4 rings (SSSR count). The number of carbonyl (C=O) groups excluding carboxylic acids is 2. The Morgan fingerprint density at radius 3 is 2.39 bits per heavy atom. The van der Waals surface area contributed by atoms with Gasteiger partial charge in [0.25, 0.3) is 0 Å². The van der Waals surface area contributed by atoms with Gasteiger partial charge in [0, 0.05) is 26.3 Å². The normalized spacial score (nSPS) is 15.0. The predicted molar refractivity (Wildman–Crippen MR) is 135 cm³/mol. The number of aromatic nitrogens is 2. The van der Waals surface area contributed by atoms with E-state index in [1.807, 2.05) is 54.6 Å². The van der Waals surface area contributed by atoms with Gasteiger partial charge in [-0.15, -0.1) is 0 Å². The third-order valence-electron chi connectivity index (χ3n) is 6.50. The molecule has 190 valence electrons. The number of aryl methyl sites for hydroxylation is 1. The molecule has 0 bridgehead atoms. The van der Waals surface area contributed by atoms with Crippen molar-refractivity contribution >= 4 is 11.8 Å². The zero-order chi connectivity index (χ0) is 25.2. The number of nitrogens with zero attached hydrogens (tertiary/aromatic N) is 2. The second-order valence-electron chi connectivity index (χ2n) is 9.38. The number of hydrogen-bond acceptors (Lipinski definition) is 6. The molecule has 1 heterocycles. The van der Waals surface area contributed by atoms with Crippen molar-refractivity contribution in [2.24, 2.45) is 0 Å². The molecule has 0 saturated heterocycles. The summed E-state index contributed by atoms with van der Waals surface area (Å²) in [7, 11) is 0. The molecule has 0 atom stereocenters. The van der Waals surface area contributed by atoms with E-state index >= 15 is 0 Å². The maximum absolute atomic E-state index is 12.4. The Kier molecular flexibility index (Phi) is 8.71. The minimum absolute atomic E-state index is 0.0924. The first-order chi connectivity index (χ1) is 17.5. The minimum atomic E-state index is -0.580. The minimum Gasteiger partial charge on any atom is -0.489 e. The number of hydrogen-bond donors (Lipinski definition) is 2. The third-order valence-corrected chi connectivity index (χ3v) is 6.50. The largest absolute Gasteiger partial charge is 0.489 e. The molecular formula is C28H34N4O4. The molecule has 0 unspecified atom stereocenters. The summed E-state index contributed by atoms with van der Waals surface area (Å²) >= 11 is 0. The summed E-state index contributed by atoms with van der Waals surface area (Å²) in [5.74, 6) is 1.52. The zero-order valence-electron chi connectivity index (χ0n) is 20.8. The van der Waals surface area contributed by atoms with Gasteiger partial charge in [0.2, 0.25) is 17.7 Å². The van der Waals surface area contributed by atoms with Crippen LogP contribution in [0.3, 0.4) is 0 Å². The zero-order valence-corrected chi connectivity index (χ0v) is 20.8. The third kappa shape index (κ3) is 7.16. The second kappa shape index (κ2) is 12.3. The Morgan fingerprint density at radius 2 is 1.69 bits per heavy atom. The van der Waals surface area contributed by atoms with E-state index in [1.165, 1.54) is 6.92 Å². The monoisotopic (exact) mass is 490 g/mol. The van der Waals surface area contributed by atoms with Crippen LogP contribution in [0.2, 0.25) is 0 Å². The van der Waals surface area contributed by atoms with Crippen LogP contribution in [0, 0.1) is 0 Å². The first kappa shape index (κ1) is 25.4. The van der Waals surface area contributed by atoms with Crippen LogP contribution in [0.15, 0.2) is 59.1 Å². The van der Waals surface area contributed by atoms with E-state index in [9.17, 15) is 9.59 Å². The van der Waals surface area contributed by atoms with Crippen molar-refractivity contribution < 1.29 is 18.8 Å². The highest BCUT2D eigenvalue weighted by Crippen LogP contribution is 2.34. The number of ether oxygens (including phenoxy) is 1. The molecule has 0 aliphatic heterocycles. The highest BCUT2D eigenvalue weighted by atomic mass is 16.5. The average Bonchev–Trinajstić information content (AvgIpc) is 3.26. The van der Waals surface area contributed by atoms with Crippen molar-refractivity contribution in [2.75, 3.05) is 0 Å². The first-order valence-electron chi connectivity index (χ1n) is 12.7. The van der Waals surface area contributed by atoms with Crippen molar-refractivity contribution in [3.63, 3.8) is 0 Å². The lowest BCUT2D eigenvalue weighted by Crippen LogP contribution is -2.45. The van der Waals surface area contributed by atoms with Gasteiger partial charge in [-0.3, -0.25) is 9.59 Å². The van der Waals surface area contributed by atoms with Crippen molar-refractivity contribution in [2.45, 2.75) is 77.0 Å². The first-order valence-corrected chi connectivity index (χ1v) is 12.7. The van der Waals surface area contributed by atoms with Gasteiger partial charge in [0.1, 0.15) is 17.9 Å². The summed E-state index contributed by atoms with van der Waals surface area (Å²) < 4.78 is 11.2. The number of amides is 2. The van der Waals surface area contributed by atoms with Crippen LogP contribution >= 0.6 is 0 Å². The van der Waals surface area contributed by atoms with Crippen LogP contribution in [0.4, 0.5) is 0 Å². The summed E-state index contributed by atoms with van der Waals surface area (Å²) in [5.41, 5.74) is 1.52. The van der Waals surface area contributed by atoms with E-state index in [-0.39, 0.29) is 18.2 Å². The van der Waals surface area contributed by atoms with Crippen LogP contribution in [0.5, 0.6) is 5.75 Å². The maximum atomic E-state index is 12.4. The van der Waals surface area contributed by atoms with E-state index < -0.39 is 5.54 Å². The van der Waals surface area contributed by atoms with Gasteiger partial charge in [0.05, 0.1) is 0 Å². The fourth-order valence-corrected chi connectivity index (χ4v) is 4.58. The molecular weight excluding hydrogens is 456 g/mol. The lowest BCUT2D eigenvalue weighted by atomic mass is 9.89. The Bertz CT molecular complexity index is 1120. The lowest BCUT2D eigenvalue weighted by Gasteiger charge is -2.30. The Balaban J connectivity index is 1.24. The van der Waals surface area contributed by atoms with Crippen LogP contribution in [-0.2, 0) is 34.7 Å². The number of carbonyl (C=O) groups is 2. The standard InChI is InChI=1S/C28H34N4O4/c1-21(33)31-28(17-7-2-3-8-18-28)27-30-26(36-32-27)16-15-25(34)29-19-22-11-13-24(14-12-22)35-20-23-9-5-4-6-10-23/h4-6,9-14H,2-3,7-8,15-20H2,1H3,(H,29,34)(H,31,33). The van der Waals surface area contributed by atoms with Crippen LogP contribution in [-0.4, -0.2) is 22.0 Å². The molecule has 8 heteroatoms. The van der Waals surface area contributed by atoms with Gasteiger partial charge in [0.15, 0.2) is 5.82 Å². The van der Waals surface area contributed by atoms with Crippen LogP contribution in [0.1, 0.15) is 74.7 Å². The molecule has 0 spiro atoms. The highest BCUT2D eigenvalue weighted by Gasteiger charge is 2.38. The van der Waals surface area contributed by atoms with E-state index in [4.69, 9.17) is 9.26 Å². The molecule has 2 N–H and O–H groups in total. The molecule has 1 saturated carbocycles. The van der Waals surface area contributed by atoms with Gasteiger partial charge in [-0.05, 0) is 36.1 Å². The lowest BCUT2D eigenvalue weighted by molar-refractivity contribution is -0.122. The smallest absolute Gasteiger partial charge is 0.227 e. The SMILES string of the molecule is CC(=O)NC1(c2noc(CCC(=O)NCc3ccc(OCc4ccccc4)cc3)n2)CCCCCC1. The molecule has 36 heavy (non-hydrogen) atoms. The molecule has 3 aromatic rings. The van der Waals surface area contributed by atoms with Crippen molar-refractivity contribution in [3.8, 4) is 5.75 Å². The topological polar surface area (TPSA) is 106 Å². The van der Waals surface area contributed by atoms with E-state index in [1.54, 1.807) is 0 Å². The van der Waals surface area contributed by atoms with Crippen molar-refractivity contribution in [1.29, 1.82) is 0 Å². The maximum Gasteiger partial charge on any atom is 0.227 e. The summed E-state index contributed by atoms with van der Waals surface area (Å²) in [6, 6.07) is 17.7. The molecule has 2 amide bonds. The number of rotatable bonds is 10. The molecule has 1 fully saturated rings. The summed E-state index contributed by atoms with van der Waals surface area (Å²) in [6.07, 6.45) is 6.46. The molecule has 1 aliphatic carbocycles. The van der Waals surface area contributed by atoms with Gasteiger partial charge in [-0.1, -0.05) is 73.3 Å². The number of nitrogens with one attached hydrogen (secondary N) is 2. The fraction of sp³-hybridized carbons (Fsp3) is 0.429. The van der Waals surface area contributed by atoms with Crippen LogP contribution in [0.25, 0.3) is 0 Å². The summed E-state index contributed by atoms with van der Waals surface area (Å²) in [5, 5.41) is 10.2. The molecule has 1 aromatic heterocycles. The molecule has 0 radical (unpaired) electrons. The predicted octanol–water partition coefficient (Wildman–Crippen LogP) is 4.58. The average molecular weight is 491 g/mol. The Morgan fingerprint density at radius 1 is 0.972 bits per heavy atom. The molecule has 1 aliphatic rings.